The summed E-state index contributed by atoms with van der Waals surface area (Å²) in [6.07, 6.45) is -4.42. The molecule has 1 aliphatic heterocycles. The van der Waals surface area contributed by atoms with Gasteiger partial charge in [-0.2, -0.15) is 17.5 Å². The zero-order valence-electron chi connectivity index (χ0n) is 18.0. The number of alkyl halides is 3. The van der Waals surface area contributed by atoms with Crippen LogP contribution in [0.3, 0.4) is 0 Å². The first-order valence-electron chi connectivity index (χ1n) is 10.3. The lowest BCUT2D eigenvalue weighted by Crippen LogP contribution is -2.51. The summed E-state index contributed by atoms with van der Waals surface area (Å²) in [5.41, 5.74) is 0.666. The number of hydrogen-bond acceptors (Lipinski definition) is 4. The minimum atomic E-state index is -4.42. The Kier molecular flexibility index (Phi) is 7.14. The van der Waals surface area contributed by atoms with E-state index in [1.54, 1.807) is 34.9 Å². The minimum absolute atomic E-state index is 0.132. The fourth-order valence-electron chi connectivity index (χ4n) is 3.57. The zero-order valence-corrected chi connectivity index (χ0v) is 18.8. The van der Waals surface area contributed by atoms with Gasteiger partial charge in [-0.05, 0) is 37.3 Å². The summed E-state index contributed by atoms with van der Waals surface area (Å²) in [6, 6.07) is 11.5. The number of aryl methyl sites for hydroxylation is 1. The Morgan fingerprint density at radius 1 is 1.03 bits per heavy atom. The number of carbonyl (C=O) groups is 1. The first-order chi connectivity index (χ1) is 15.0. The third-order valence-corrected chi connectivity index (χ3v) is 7.43. The highest BCUT2D eigenvalue weighted by molar-refractivity contribution is 7.89. The van der Waals surface area contributed by atoms with Crippen molar-refractivity contribution in [1.29, 1.82) is 0 Å². The van der Waals surface area contributed by atoms with E-state index in [2.05, 4.69) is 0 Å². The Balaban J connectivity index is 1.63. The molecule has 10 heteroatoms. The summed E-state index contributed by atoms with van der Waals surface area (Å²) >= 11 is 0. The van der Waals surface area contributed by atoms with Gasteiger partial charge in [0.15, 0.2) is 0 Å². The second-order valence-electron chi connectivity index (χ2n) is 7.66. The summed E-state index contributed by atoms with van der Waals surface area (Å²) in [5, 5.41) is 0. The molecule has 0 atom stereocenters. The van der Waals surface area contributed by atoms with Crippen LogP contribution >= 0.6 is 0 Å². The average molecular weight is 470 g/mol. The predicted molar refractivity (Wildman–Crippen MR) is 116 cm³/mol. The van der Waals surface area contributed by atoms with E-state index < -0.39 is 21.8 Å². The standard InChI is InChI=1S/C22H26F3N3O3S/c1-3-28(32(30,31)20-9-7-17(2)8-10-20)16-21(29)27-13-11-26(12-14-27)19-6-4-5-18(15-19)22(23,24)25/h4-10,15H,3,11-14,16H2,1-2H3. The van der Waals surface area contributed by atoms with Gasteiger partial charge in [0.05, 0.1) is 17.0 Å². The highest BCUT2D eigenvalue weighted by Gasteiger charge is 2.32. The van der Waals surface area contributed by atoms with Crippen LogP contribution in [0.2, 0.25) is 0 Å². The molecule has 1 amide bonds. The number of piperazine rings is 1. The molecule has 0 bridgehead atoms. The molecule has 174 valence electrons. The highest BCUT2D eigenvalue weighted by Crippen LogP contribution is 2.32. The Morgan fingerprint density at radius 2 is 1.66 bits per heavy atom. The van der Waals surface area contributed by atoms with E-state index in [1.165, 1.54) is 18.2 Å². The molecule has 0 N–H and O–H groups in total. The van der Waals surface area contributed by atoms with Gasteiger partial charge in [-0.1, -0.05) is 30.7 Å². The SMILES string of the molecule is CCN(CC(=O)N1CCN(c2cccc(C(F)(F)F)c2)CC1)S(=O)(=O)c1ccc(C)cc1. The first-order valence-corrected chi connectivity index (χ1v) is 11.7. The summed E-state index contributed by atoms with van der Waals surface area (Å²) in [6.45, 7) is 4.73. The van der Waals surface area contributed by atoms with E-state index in [-0.39, 0.29) is 23.9 Å². The smallest absolute Gasteiger partial charge is 0.368 e. The molecule has 1 aliphatic rings. The van der Waals surface area contributed by atoms with Crippen LogP contribution in [0.15, 0.2) is 53.4 Å². The molecule has 1 fully saturated rings. The van der Waals surface area contributed by atoms with Gasteiger partial charge in [0.1, 0.15) is 0 Å². The number of halogens is 3. The second kappa shape index (κ2) is 9.50. The Labute approximate surface area is 186 Å². The van der Waals surface area contributed by atoms with Crippen LogP contribution in [-0.4, -0.2) is 62.8 Å². The summed E-state index contributed by atoms with van der Waals surface area (Å²) in [4.78, 5) is 16.3. The van der Waals surface area contributed by atoms with Crippen LogP contribution in [-0.2, 0) is 21.0 Å². The highest BCUT2D eigenvalue weighted by atomic mass is 32.2. The number of carbonyl (C=O) groups excluding carboxylic acids is 1. The van der Waals surface area contributed by atoms with Crippen molar-refractivity contribution in [2.24, 2.45) is 0 Å². The number of benzene rings is 2. The van der Waals surface area contributed by atoms with Crippen LogP contribution in [0, 0.1) is 6.92 Å². The third kappa shape index (κ3) is 5.42. The van der Waals surface area contributed by atoms with E-state index in [0.717, 1.165) is 22.0 Å². The van der Waals surface area contributed by atoms with Crippen LogP contribution in [0.1, 0.15) is 18.1 Å². The Hall–Kier alpha value is -2.59. The fraction of sp³-hybridized carbons (Fsp3) is 0.409. The van der Waals surface area contributed by atoms with Crippen molar-refractivity contribution in [1.82, 2.24) is 9.21 Å². The van der Waals surface area contributed by atoms with E-state index in [4.69, 9.17) is 0 Å². The summed E-state index contributed by atoms with van der Waals surface area (Å²) in [7, 11) is -3.81. The van der Waals surface area contributed by atoms with E-state index in [0.29, 0.717) is 31.9 Å². The van der Waals surface area contributed by atoms with Crippen molar-refractivity contribution in [3.05, 3.63) is 59.7 Å². The van der Waals surface area contributed by atoms with Crippen molar-refractivity contribution in [3.63, 3.8) is 0 Å². The quantitative estimate of drug-likeness (QED) is 0.651. The maximum Gasteiger partial charge on any atom is 0.416 e. The second-order valence-corrected chi connectivity index (χ2v) is 9.60. The molecule has 1 saturated heterocycles. The molecule has 0 saturated carbocycles. The van der Waals surface area contributed by atoms with E-state index in [1.807, 2.05) is 6.92 Å². The van der Waals surface area contributed by atoms with Gasteiger partial charge in [-0.25, -0.2) is 8.42 Å². The number of rotatable bonds is 6. The fourth-order valence-corrected chi connectivity index (χ4v) is 4.97. The zero-order chi connectivity index (χ0) is 23.5. The van der Waals surface area contributed by atoms with Crippen molar-refractivity contribution < 1.29 is 26.4 Å². The summed E-state index contributed by atoms with van der Waals surface area (Å²) in [5.74, 6) is -0.328. The van der Waals surface area contributed by atoms with Crippen molar-refractivity contribution in [2.45, 2.75) is 24.9 Å². The van der Waals surface area contributed by atoms with Crippen LogP contribution in [0.5, 0.6) is 0 Å². The number of hydrogen-bond donors (Lipinski definition) is 0. The van der Waals surface area contributed by atoms with Crippen molar-refractivity contribution in [2.75, 3.05) is 44.2 Å². The van der Waals surface area contributed by atoms with Gasteiger partial charge in [0, 0.05) is 38.4 Å². The largest absolute Gasteiger partial charge is 0.416 e. The van der Waals surface area contributed by atoms with Gasteiger partial charge >= 0.3 is 6.18 Å². The molecular formula is C22H26F3N3O3S. The lowest BCUT2D eigenvalue weighted by Gasteiger charge is -2.37. The minimum Gasteiger partial charge on any atom is -0.368 e. The number of amides is 1. The van der Waals surface area contributed by atoms with Crippen LogP contribution in [0.4, 0.5) is 18.9 Å². The van der Waals surface area contributed by atoms with Gasteiger partial charge in [-0.15, -0.1) is 0 Å². The Bertz CT molecular complexity index is 1050. The van der Waals surface area contributed by atoms with Gasteiger partial charge in [0.2, 0.25) is 15.9 Å². The normalized spacial score (nSPS) is 15.3. The van der Waals surface area contributed by atoms with E-state index in [9.17, 15) is 26.4 Å². The molecular weight excluding hydrogens is 443 g/mol. The molecule has 0 spiro atoms. The molecule has 2 aromatic rings. The predicted octanol–water partition coefficient (Wildman–Crippen LogP) is 3.37. The lowest BCUT2D eigenvalue weighted by atomic mass is 10.1. The summed E-state index contributed by atoms with van der Waals surface area (Å²) < 4.78 is 65.8. The molecule has 0 aliphatic carbocycles. The lowest BCUT2D eigenvalue weighted by molar-refractivity contribution is -0.137. The molecule has 3 rings (SSSR count). The van der Waals surface area contributed by atoms with Crippen molar-refractivity contribution >= 4 is 21.6 Å². The molecule has 6 nitrogen and oxygen atoms in total. The number of likely N-dealkylation sites (N-methyl/N-ethyl adjacent to an activating group) is 1. The van der Waals surface area contributed by atoms with Crippen LogP contribution in [0.25, 0.3) is 0 Å². The van der Waals surface area contributed by atoms with Gasteiger partial charge < -0.3 is 9.80 Å². The van der Waals surface area contributed by atoms with Crippen molar-refractivity contribution in [3.8, 4) is 0 Å². The molecule has 1 heterocycles. The van der Waals surface area contributed by atoms with E-state index >= 15 is 0 Å². The van der Waals surface area contributed by atoms with Crippen LogP contribution < -0.4 is 4.90 Å². The van der Waals surface area contributed by atoms with Gasteiger partial charge in [-0.3, -0.25) is 4.79 Å². The first kappa shape index (κ1) is 24.1. The molecule has 0 radical (unpaired) electrons. The topological polar surface area (TPSA) is 60.9 Å². The average Bonchev–Trinajstić information content (AvgIpc) is 2.77. The molecule has 0 unspecified atom stereocenters. The Morgan fingerprint density at radius 3 is 2.22 bits per heavy atom. The number of anilines is 1. The third-order valence-electron chi connectivity index (χ3n) is 5.49. The van der Waals surface area contributed by atoms with Gasteiger partial charge in [0.25, 0.3) is 0 Å². The number of nitrogens with zero attached hydrogens (tertiary/aromatic N) is 3. The molecule has 0 aromatic heterocycles. The molecule has 2 aromatic carbocycles. The maximum atomic E-state index is 13.0. The maximum absolute atomic E-state index is 13.0. The molecule has 32 heavy (non-hydrogen) atoms. The number of sulfonamides is 1. The monoisotopic (exact) mass is 469 g/mol.